The van der Waals surface area contributed by atoms with Crippen molar-refractivity contribution >= 4 is 0 Å². The Labute approximate surface area is 44.1 Å². The molecule has 0 aromatic rings. The summed E-state index contributed by atoms with van der Waals surface area (Å²) in [5.41, 5.74) is 0. The summed E-state index contributed by atoms with van der Waals surface area (Å²) in [6.45, 7) is 1.25. The molecule has 2 aliphatic rings. The highest BCUT2D eigenvalue weighted by Gasteiger charge is 2.30. The van der Waals surface area contributed by atoms with Crippen molar-refractivity contribution in [3.05, 3.63) is 6.42 Å². The molecule has 2 bridgehead atoms. The summed E-state index contributed by atoms with van der Waals surface area (Å²) >= 11 is 0. The van der Waals surface area contributed by atoms with E-state index in [0.29, 0.717) is 0 Å². The highest BCUT2D eigenvalue weighted by molar-refractivity contribution is 4.99. The quantitative estimate of drug-likeness (QED) is 0.465. The normalized spacial score (nSPS) is 48.0. The molecule has 1 heteroatoms. The molecule has 2 fully saturated rings. The average Bonchev–Trinajstić information content (AvgIpc) is 2.22. The third kappa shape index (κ3) is 0.480. The second-order valence-electron chi connectivity index (χ2n) is 2.57. The minimum Gasteiger partial charge on any atom is -0.314 e. The molecular formula is C6H10N. The van der Waals surface area contributed by atoms with E-state index in [4.69, 9.17) is 0 Å². The molecule has 1 nitrogen and oxygen atoms in total. The van der Waals surface area contributed by atoms with E-state index >= 15 is 0 Å². The minimum atomic E-state index is 0.866. The molecule has 0 aromatic heterocycles. The Bertz CT molecular complexity index is 62.2. The molecular weight excluding hydrogens is 86.1 g/mol. The number of rotatable bonds is 0. The molecule has 39 valence electrons. The van der Waals surface area contributed by atoms with Crippen LogP contribution in [-0.2, 0) is 0 Å². The Kier molecular flexibility index (Phi) is 0.680. The van der Waals surface area contributed by atoms with Crippen molar-refractivity contribution in [1.29, 1.82) is 0 Å². The Morgan fingerprint density at radius 2 is 2.57 bits per heavy atom. The van der Waals surface area contributed by atoms with E-state index in [-0.39, 0.29) is 0 Å². The SMILES string of the molecule is [CH]1CC2CC1CN2. The molecule has 1 aliphatic heterocycles. The Hall–Kier alpha value is -0.0400. The van der Waals surface area contributed by atoms with Crippen molar-refractivity contribution in [2.75, 3.05) is 6.54 Å². The van der Waals surface area contributed by atoms with E-state index in [1.165, 1.54) is 19.4 Å². The van der Waals surface area contributed by atoms with Crippen LogP contribution >= 0.6 is 0 Å². The van der Waals surface area contributed by atoms with Crippen LogP contribution in [0.15, 0.2) is 0 Å². The number of piperidine rings is 1. The molecule has 7 heavy (non-hydrogen) atoms. The maximum Gasteiger partial charge on any atom is 0.00732 e. The maximum absolute atomic E-state index is 3.42. The summed E-state index contributed by atoms with van der Waals surface area (Å²) in [4.78, 5) is 0. The first-order chi connectivity index (χ1) is 3.45. The highest BCUT2D eigenvalue weighted by atomic mass is 15.0. The summed E-state index contributed by atoms with van der Waals surface area (Å²) in [5.74, 6) is 0.935. The molecule has 0 amide bonds. The predicted octanol–water partition coefficient (Wildman–Crippen LogP) is 0.572. The Morgan fingerprint density at radius 3 is 2.71 bits per heavy atom. The van der Waals surface area contributed by atoms with E-state index in [1.54, 1.807) is 0 Å². The van der Waals surface area contributed by atoms with Gasteiger partial charge in [0.25, 0.3) is 0 Å². The Morgan fingerprint density at radius 1 is 1.57 bits per heavy atom. The zero-order valence-electron chi connectivity index (χ0n) is 4.35. The third-order valence-corrected chi connectivity index (χ3v) is 2.01. The third-order valence-electron chi connectivity index (χ3n) is 2.01. The van der Waals surface area contributed by atoms with Crippen LogP contribution in [0.5, 0.6) is 0 Å². The van der Waals surface area contributed by atoms with Gasteiger partial charge in [0.2, 0.25) is 0 Å². The first-order valence-corrected chi connectivity index (χ1v) is 3.02. The van der Waals surface area contributed by atoms with Gasteiger partial charge in [0, 0.05) is 6.04 Å². The number of fused-ring (bicyclic) bond motifs is 2. The summed E-state index contributed by atoms with van der Waals surface area (Å²) in [7, 11) is 0. The first-order valence-electron chi connectivity index (χ1n) is 3.02. The van der Waals surface area contributed by atoms with E-state index in [1.807, 2.05) is 0 Å². The van der Waals surface area contributed by atoms with Crippen LogP contribution in [0.3, 0.4) is 0 Å². The molecule has 1 saturated carbocycles. The molecule has 2 atom stereocenters. The maximum atomic E-state index is 3.42. The van der Waals surface area contributed by atoms with Gasteiger partial charge in [0.05, 0.1) is 0 Å². The van der Waals surface area contributed by atoms with Gasteiger partial charge in [0.15, 0.2) is 0 Å². The van der Waals surface area contributed by atoms with Gasteiger partial charge in [-0.2, -0.15) is 0 Å². The van der Waals surface area contributed by atoms with Crippen LogP contribution in [0.25, 0.3) is 0 Å². The lowest BCUT2D eigenvalue weighted by molar-refractivity contribution is 0.587. The van der Waals surface area contributed by atoms with Crippen LogP contribution in [0.1, 0.15) is 12.8 Å². The van der Waals surface area contributed by atoms with Gasteiger partial charge in [-0.25, -0.2) is 0 Å². The van der Waals surface area contributed by atoms with Crippen molar-refractivity contribution in [3.63, 3.8) is 0 Å². The predicted molar refractivity (Wildman–Crippen MR) is 28.8 cm³/mol. The van der Waals surface area contributed by atoms with Crippen LogP contribution in [0, 0.1) is 12.3 Å². The molecule has 1 saturated heterocycles. The molecule has 1 aliphatic carbocycles. The molecule has 0 spiro atoms. The van der Waals surface area contributed by atoms with Gasteiger partial charge in [-0.1, -0.05) is 0 Å². The molecule has 0 aromatic carbocycles. The average molecular weight is 96.2 g/mol. The molecule has 1 N–H and O–H groups in total. The van der Waals surface area contributed by atoms with Gasteiger partial charge in [-0.15, -0.1) is 0 Å². The van der Waals surface area contributed by atoms with Crippen LogP contribution in [0.2, 0.25) is 0 Å². The molecule has 1 heterocycles. The first kappa shape index (κ1) is 3.90. The second kappa shape index (κ2) is 1.22. The fourth-order valence-corrected chi connectivity index (χ4v) is 1.57. The summed E-state index contributed by atoms with van der Waals surface area (Å²) in [6, 6.07) is 0.866. The van der Waals surface area contributed by atoms with Gasteiger partial charge >= 0.3 is 0 Å². The van der Waals surface area contributed by atoms with Crippen LogP contribution in [-0.4, -0.2) is 12.6 Å². The van der Waals surface area contributed by atoms with Gasteiger partial charge in [-0.05, 0) is 31.7 Å². The Balaban J connectivity index is 2.12. The molecule has 2 rings (SSSR count). The monoisotopic (exact) mass is 96.1 g/mol. The van der Waals surface area contributed by atoms with Crippen molar-refractivity contribution in [1.82, 2.24) is 5.32 Å². The van der Waals surface area contributed by atoms with E-state index in [2.05, 4.69) is 11.7 Å². The summed E-state index contributed by atoms with van der Waals surface area (Å²) in [6.07, 6.45) is 5.19. The highest BCUT2D eigenvalue weighted by Crippen LogP contribution is 2.28. The lowest BCUT2D eigenvalue weighted by atomic mass is 10.1. The van der Waals surface area contributed by atoms with Gasteiger partial charge < -0.3 is 5.32 Å². The standard InChI is InChI=1S/C6H10N/c1-2-6-3-5(1)4-7-6/h1,5-7H,2-4H2. The number of hydrogen-bond acceptors (Lipinski definition) is 1. The lowest BCUT2D eigenvalue weighted by Gasteiger charge is -2.07. The number of hydrogen-bond donors (Lipinski definition) is 1. The summed E-state index contributed by atoms with van der Waals surface area (Å²) < 4.78 is 0. The largest absolute Gasteiger partial charge is 0.314 e. The van der Waals surface area contributed by atoms with Gasteiger partial charge in [-0.3, -0.25) is 0 Å². The van der Waals surface area contributed by atoms with Crippen molar-refractivity contribution in [2.24, 2.45) is 5.92 Å². The van der Waals surface area contributed by atoms with E-state index in [0.717, 1.165) is 12.0 Å². The second-order valence-corrected chi connectivity index (χ2v) is 2.57. The fraction of sp³-hybridized carbons (Fsp3) is 0.833. The van der Waals surface area contributed by atoms with E-state index in [9.17, 15) is 0 Å². The zero-order valence-corrected chi connectivity index (χ0v) is 4.35. The molecule has 2 unspecified atom stereocenters. The van der Waals surface area contributed by atoms with Crippen molar-refractivity contribution < 1.29 is 0 Å². The van der Waals surface area contributed by atoms with Crippen LogP contribution in [0.4, 0.5) is 0 Å². The van der Waals surface area contributed by atoms with Crippen molar-refractivity contribution in [2.45, 2.75) is 18.9 Å². The lowest BCUT2D eigenvalue weighted by Crippen LogP contribution is -2.24. The van der Waals surface area contributed by atoms with Crippen LogP contribution < -0.4 is 5.32 Å². The smallest absolute Gasteiger partial charge is 0.00732 e. The number of nitrogens with one attached hydrogen (secondary N) is 1. The van der Waals surface area contributed by atoms with Crippen molar-refractivity contribution in [3.8, 4) is 0 Å². The minimum absolute atomic E-state index is 0.866. The topological polar surface area (TPSA) is 12.0 Å². The van der Waals surface area contributed by atoms with E-state index < -0.39 is 0 Å². The summed E-state index contributed by atoms with van der Waals surface area (Å²) in [5, 5.41) is 3.42. The van der Waals surface area contributed by atoms with Gasteiger partial charge in [0.1, 0.15) is 0 Å². The zero-order chi connectivity index (χ0) is 4.69. The molecule has 1 radical (unpaired) electrons. The fourth-order valence-electron chi connectivity index (χ4n) is 1.57.